The first-order chi connectivity index (χ1) is 6.32. The fourth-order valence-corrected chi connectivity index (χ4v) is 1.38. The predicted molar refractivity (Wildman–Crippen MR) is 40.5 cm³/mol. The molecule has 0 aliphatic heterocycles. The summed E-state index contributed by atoms with van der Waals surface area (Å²) in [6, 6.07) is 0.412. The molecule has 0 amide bonds. The van der Waals surface area contributed by atoms with Crippen LogP contribution in [-0.2, 0) is 10.0 Å². The van der Waals surface area contributed by atoms with Crippen LogP contribution in [0.4, 0.5) is 13.2 Å². The predicted octanol–water partition coefficient (Wildman–Crippen LogP) is 0.806. The van der Waals surface area contributed by atoms with Gasteiger partial charge in [0.2, 0.25) is 10.0 Å². The van der Waals surface area contributed by atoms with Gasteiger partial charge in [0.15, 0.2) is 5.82 Å². The number of sulfonamides is 1. The van der Waals surface area contributed by atoms with E-state index in [9.17, 15) is 21.6 Å². The molecule has 0 unspecified atom stereocenters. The van der Waals surface area contributed by atoms with Gasteiger partial charge in [0.25, 0.3) is 6.43 Å². The van der Waals surface area contributed by atoms with E-state index in [1.54, 1.807) is 0 Å². The maximum atomic E-state index is 12.8. The lowest BCUT2D eigenvalue weighted by Gasteiger charge is -2.02. The van der Waals surface area contributed by atoms with Gasteiger partial charge in [-0.2, -0.15) is 0 Å². The maximum absolute atomic E-state index is 12.8. The normalized spacial score (nSPS) is 12.1. The second-order valence-electron chi connectivity index (χ2n) is 2.39. The van der Waals surface area contributed by atoms with Gasteiger partial charge in [-0.25, -0.2) is 26.7 Å². The van der Waals surface area contributed by atoms with Gasteiger partial charge in [0.1, 0.15) is 10.6 Å². The Kier molecular flexibility index (Phi) is 2.76. The average molecular weight is 226 g/mol. The van der Waals surface area contributed by atoms with Crippen LogP contribution in [0.5, 0.6) is 0 Å². The summed E-state index contributed by atoms with van der Waals surface area (Å²) < 4.78 is 58.2. The lowest BCUT2D eigenvalue weighted by molar-refractivity contribution is 0.145. The van der Waals surface area contributed by atoms with E-state index in [0.29, 0.717) is 12.3 Å². The molecule has 0 saturated carbocycles. The quantitative estimate of drug-likeness (QED) is 0.810. The molecule has 0 atom stereocenters. The van der Waals surface area contributed by atoms with Gasteiger partial charge in [-0.15, -0.1) is 0 Å². The zero-order chi connectivity index (χ0) is 10.9. The highest BCUT2D eigenvalue weighted by molar-refractivity contribution is 7.89. The molecule has 0 fully saturated rings. The van der Waals surface area contributed by atoms with Crippen LogP contribution in [0.3, 0.4) is 0 Å². The van der Waals surface area contributed by atoms with E-state index in [1.165, 1.54) is 0 Å². The molecular formula is C6H5F3N2O2S. The molecule has 1 heterocycles. The number of rotatable bonds is 2. The number of hydrogen-bond donors (Lipinski definition) is 1. The molecular weight excluding hydrogens is 221 g/mol. The Bertz CT molecular complexity index is 446. The lowest BCUT2D eigenvalue weighted by Crippen LogP contribution is -2.15. The number of halogens is 3. The van der Waals surface area contributed by atoms with Crippen LogP contribution in [0.25, 0.3) is 0 Å². The van der Waals surface area contributed by atoms with Gasteiger partial charge < -0.3 is 0 Å². The Morgan fingerprint density at radius 1 is 1.43 bits per heavy atom. The number of alkyl halides is 2. The van der Waals surface area contributed by atoms with E-state index in [0.717, 1.165) is 0 Å². The third-order valence-electron chi connectivity index (χ3n) is 1.37. The summed E-state index contributed by atoms with van der Waals surface area (Å²) in [5, 5.41) is 4.59. The van der Waals surface area contributed by atoms with Gasteiger partial charge in [0.05, 0.1) is 6.20 Å². The third-order valence-corrected chi connectivity index (χ3v) is 2.30. The van der Waals surface area contributed by atoms with Crippen LogP contribution in [0.1, 0.15) is 12.1 Å². The molecule has 14 heavy (non-hydrogen) atoms. The topological polar surface area (TPSA) is 73.1 Å². The zero-order valence-corrected chi connectivity index (χ0v) is 7.43. The number of hydrogen-bond acceptors (Lipinski definition) is 3. The number of pyridine rings is 1. The van der Waals surface area contributed by atoms with Gasteiger partial charge in [-0.05, 0) is 6.07 Å². The fraction of sp³-hybridized carbons (Fsp3) is 0.167. The zero-order valence-electron chi connectivity index (χ0n) is 6.62. The van der Waals surface area contributed by atoms with Crippen LogP contribution in [-0.4, -0.2) is 13.4 Å². The average Bonchev–Trinajstić information content (AvgIpc) is 2.02. The summed E-state index contributed by atoms with van der Waals surface area (Å²) in [7, 11) is -4.34. The third kappa shape index (κ3) is 2.20. The number of nitrogens with zero attached hydrogens (tertiary/aromatic N) is 1. The Morgan fingerprint density at radius 3 is 2.43 bits per heavy atom. The van der Waals surface area contributed by atoms with Crippen LogP contribution in [0.15, 0.2) is 17.2 Å². The summed E-state index contributed by atoms with van der Waals surface area (Å²) in [6.07, 6.45) is -2.59. The van der Waals surface area contributed by atoms with Crippen molar-refractivity contribution in [3.63, 3.8) is 0 Å². The molecule has 0 radical (unpaired) electrons. The lowest BCUT2D eigenvalue weighted by atomic mass is 10.3. The maximum Gasteiger partial charge on any atom is 0.280 e. The van der Waals surface area contributed by atoms with E-state index in [2.05, 4.69) is 10.1 Å². The highest BCUT2D eigenvalue weighted by Crippen LogP contribution is 2.20. The number of primary sulfonamides is 1. The van der Waals surface area contributed by atoms with Crippen molar-refractivity contribution in [3.8, 4) is 0 Å². The van der Waals surface area contributed by atoms with Crippen molar-refractivity contribution < 1.29 is 21.6 Å². The minimum absolute atomic E-state index is 0.390. The first-order valence-electron chi connectivity index (χ1n) is 3.29. The molecule has 4 nitrogen and oxygen atoms in total. The summed E-state index contributed by atoms with van der Waals surface area (Å²) >= 11 is 0. The minimum Gasteiger partial charge on any atom is -0.252 e. The highest BCUT2D eigenvalue weighted by atomic mass is 32.2. The molecule has 0 saturated heterocycles. The van der Waals surface area contributed by atoms with Crippen LogP contribution >= 0.6 is 0 Å². The summed E-state index contributed by atoms with van der Waals surface area (Å²) in [5.74, 6) is -1.25. The molecule has 1 aromatic rings. The van der Waals surface area contributed by atoms with Gasteiger partial charge in [-0.3, -0.25) is 4.98 Å². The van der Waals surface area contributed by atoms with Crippen molar-refractivity contribution in [2.75, 3.05) is 0 Å². The number of nitrogens with two attached hydrogens (primary N) is 1. The van der Waals surface area contributed by atoms with Crippen LogP contribution < -0.4 is 5.14 Å². The van der Waals surface area contributed by atoms with E-state index in [4.69, 9.17) is 0 Å². The second-order valence-corrected chi connectivity index (χ2v) is 3.92. The van der Waals surface area contributed by atoms with Gasteiger partial charge >= 0.3 is 0 Å². The second kappa shape index (κ2) is 3.54. The molecule has 0 bridgehead atoms. The van der Waals surface area contributed by atoms with Crippen LogP contribution in [0.2, 0.25) is 0 Å². The van der Waals surface area contributed by atoms with Crippen molar-refractivity contribution in [2.45, 2.75) is 11.3 Å². The summed E-state index contributed by atoms with van der Waals surface area (Å²) in [4.78, 5) is 2.02. The van der Waals surface area contributed by atoms with Crippen molar-refractivity contribution in [3.05, 3.63) is 23.8 Å². The first kappa shape index (κ1) is 10.9. The fourth-order valence-electron chi connectivity index (χ4n) is 0.773. The van der Waals surface area contributed by atoms with Gasteiger partial charge in [0, 0.05) is 0 Å². The first-order valence-corrected chi connectivity index (χ1v) is 4.83. The van der Waals surface area contributed by atoms with Crippen molar-refractivity contribution in [1.29, 1.82) is 0 Å². The van der Waals surface area contributed by atoms with E-state index in [1.807, 2.05) is 0 Å². The summed E-state index contributed by atoms with van der Waals surface area (Å²) in [6.45, 7) is 0. The van der Waals surface area contributed by atoms with E-state index >= 15 is 0 Å². The van der Waals surface area contributed by atoms with Crippen molar-refractivity contribution >= 4 is 10.0 Å². The van der Waals surface area contributed by atoms with Crippen molar-refractivity contribution in [2.24, 2.45) is 5.14 Å². The largest absolute Gasteiger partial charge is 0.280 e. The molecule has 2 N–H and O–H groups in total. The molecule has 1 aromatic heterocycles. The summed E-state index contributed by atoms with van der Waals surface area (Å²) in [5.41, 5.74) is -0.838. The number of aromatic nitrogens is 1. The molecule has 0 aliphatic rings. The van der Waals surface area contributed by atoms with E-state index < -0.39 is 32.9 Å². The molecule has 1 rings (SSSR count). The Hall–Kier alpha value is -1.15. The molecule has 0 aromatic carbocycles. The molecule has 0 spiro atoms. The molecule has 8 heteroatoms. The van der Waals surface area contributed by atoms with Crippen molar-refractivity contribution in [1.82, 2.24) is 4.98 Å². The monoisotopic (exact) mass is 226 g/mol. The van der Waals surface area contributed by atoms with Crippen LogP contribution in [0, 0.1) is 5.82 Å². The molecule has 0 aliphatic carbocycles. The van der Waals surface area contributed by atoms with Gasteiger partial charge in [-0.1, -0.05) is 0 Å². The Labute approximate surface area is 77.6 Å². The Morgan fingerprint density at radius 2 is 2.00 bits per heavy atom. The van der Waals surface area contributed by atoms with E-state index in [-0.39, 0.29) is 0 Å². The smallest absolute Gasteiger partial charge is 0.252 e. The SMILES string of the molecule is NS(=O)(=O)c1cc(C(F)F)ncc1F. The minimum atomic E-state index is -4.34. The Balaban J connectivity index is 3.37. The molecule has 78 valence electrons. The highest BCUT2D eigenvalue weighted by Gasteiger charge is 2.19. The standard InChI is InChI=1S/C6H5F3N2O2S/c7-3-2-11-4(6(8)9)1-5(3)14(10,12)13/h1-2,6H,(H2,10,12,13).